The summed E-state index contributed by atoms with van der Waals surface area (Å²) in [7, 11) is 1.98. The maximum absolute atomic E-state index is 11.0. The Morgan fingerprint density at radius 3 is 2.81 bits per heavy atom. The molecule has 0 amide bonds. The van der Waals surface area contributed by atoms with E-state index in [0.29, 0.717) is 5.56 Å². The van der Waals surface area contributed by atoms with Crippen molar-refractivity contribution in [3.63, 3.8) is 0 Å². The van der Waals surface area contributed by atoms with Gasteiger partial charge < -0.3 is 4.57 Å². The zero-order chi connectivity index (χ0) is 11.1. The number of carbonyl (C=O) groups is 1. The molecule has 3 aromatic rings. The number of hydrogen-bond donors (Lipinski definition) is 0. The predicted molar refractivity (Wildman–Crippen MR) is 64.6 cm³/mol. The second-order valence-corrected chi connectivity index (χ2v) is 3.87. The van der Waals surface area contributed by atoms with E-state index >= 15 is 0 Å². The van der Waals surface area contributed by atoms with E-state index in [1.165, 1.54) is 5.39 Å². The molecule has 0 atom stereocenters. The second kappa shape index (κ2) is 3.20. The lowest BCUT2D eigenvalue weighted by molar-refractivity contribution is 0.112. The summed E-state index contributed by atoms with van der Waals surface area (Å²) in [5.74, 6) is 0. The van der Waals surface area contributed by atoms with Crippen LogP contribution in [-0.4, -0.2) is 10.9 Å². The molecule has 0 aliphatic heterocycles. The van der Waals surface area contributed by atoms with Gasteiger partial charge in [0.05, 0.1) is 5.52 Å². The van der Waals surface area contributed by atoms with Gasteiger partial charge in [0.2, 0.25) is 0 Å². The van der Waals surface area contributed by atoms with Gasteiger partial charge in [-0.1, -0.05) is 18.2 Å². The molecule has 1 radical (unpaired) electrons. The average Bonchev–Trinajstić information content (AvgIpc) is 2.64. The molecule has 0 aliphatic carbocycles. The van der Waals surface area contributed by atoms with Gasteiger partial charge in [-0.3, -0.25) is 4.79 Å². The Hall–Kier alpha value is -2.09. The summed E-state index contributed by atoms with van der Waals surface area (Å²) in [4.78, 5) is 11.0. The molecule has 2 aromatic carbocycles. The first-order valence-corrected chi connectivity index (χ1v) is 5.15. The summed E-state index contributed by atoms with van der Waals surface area (Å²) in [5, 5.41) is 2.25. The summed E-state index contributed by atoms with van der Waals surface area (Å²) in [6.45, 7) is 0. The number of aldehydes is 1. The normalized spacial score (nSPS) is 11.1. The van der Waals surface area contributed by atoms with E-state index in [1.54, 1.807) is 6.07 Å². The van der Waals surface area contributed by atoms with Crippen molar-refractivity contribution in [2.75, 3.05) is 0 Å². The highest BCUT2D eigenvalue weighted by Crippen LogP contribution is 2.29. The number of nitrogens with zero attached hydrogens (tertiary/aromatic N) is 1. The Labute approximate surface area is 93.1 Å². The lowest BCUT2D eigenvalue weighted by Crippen LogP contribution is -1.91. The van der Waals surface area contributed by atoms with E-state index in [4.69, 9.17) is 0 Å². The Morgan fingerprint density at radius 1 is 1.19 bits per heavy atom. The van der Waals surface area contributed by atoms with Crippen LogP contribution in [0.2, 0.25) is 0 Å². The third kappa shape index (κ3) is 1.04. The smallest absolute Gasteiger partial charge is 0.152 e. The standard InChI is InChI=1S/C14H10NO/c1-15-13-8-3-2-6-11(13)12-7-4-5-10(9-16)14(12)15/h2-3,5-9H,1H3. The molecule has 0 unspecified atom stereocenters. The van der Waals surface area contributed by atoms with Crippen molar-refractivity contribution in [3.8, 4) is 0 Å². The molecule has 3 rings (SSSR count). The Kier molecular flexibility index (Phi) is 1.83. The van der Waals surface area contributed by atoms with Gasteiger partial charge in [-0.05, 0) is 24.3 Å². The lowest BCUT2D eigenvalue weighted by atomic mass is 10.1. The minimum atomic E-state index is 0.691. The fourth-order valence-corrected chi connectivity index (χ4v) is 2.29. The van der Waals surface area contributed by atoms with Crippen molar-refractivity contribution >= 4 is 28.1 Å². The Bertz CT molecular complexity index is 694. The second-order valence-electron chi connectivity index (χ2n) is 3.87. The summed E-state index contributed by atoms with van der Waals surface area (Å²) in [5.41, 5.74) is 2.81. The van der Waals surface area contributed by atoms with Crippen molar-refractivity contribution < 1.29 is 4.79 Å². The zero-order valence-corrected chi connectivity index (χ0v) is 8.90. The third-order valence-electron chi connectivity index (χ3n) is 3.01. The highest BCUT2D eigenvalue weighted by molar-refractivity contribution is 6.12. The van der Waals surface area contributed by atoms with Gasteiger partial charge in [0, 0.05) is 28.9 Å². The van der Waals surface area contributed by atoms with Gasteiger partial charge in [0.15, 0.2) is 6.29 Å². The van der Waals surface area contributed by atoms with E-state index < -0.39 is 0 Å². The molecule has 0 saturated carbocycles. The molecule has 0 fully saturated rings. The van der Waals surface area contributed by atoms with Gasteiger partial charge in [-0.25, -0.2) is 0 Å². The molecule has 0 bridgehead atoms. The molecule has 0 spiro atoms. The topological polar surface area (TPSA) is 22.0 Å². The van der Waals surface area contributed by atoms with Gasteiger partial charge in [-0.15, -0.1) is 0 Å². The van der Waals surface area contributed by atoms with E-state index in [-0.39, 0.29) is 0 Å². The van der Waals surface area contributed by atoms with Gasteiger partial charge in [0.1, 0.15) is 0 Å². The highest BCUT2D eigenvalue weighted by atomic mass is 16.1. The number of aryl methyl sites for hydroxylation is 1. The van der Waals surface area contributed by atoms with Crippen LogP contribution in [0.4, 0.5) is 0 Å². The van der Waals surface area contributed by atoms with Gasteiger partial charge in [-0.2, -0.15) is 0 Å². The maximum atomic E-state index is 11.0. The lowest BCUT2D eigenvalue weighted by Gasteiger charge is -1.99. The van der Waals surface area contributed by atoms with Crippen LogP contribution in [0.5, 0.6) is 0 Å². The number of para-hydroxylation sites is 1. The van der Waals surface area contributed by atoms with Gasteiger partial charge >= 0.3 is 0 Å². The quantitative estimate of drug-likeness (QED) is 0.563. The number of hydrogen-bond acceptors (Lipinski definition) is 1. The van der Waals surface area contributed by atoms with Crippen molar-refractivity contribution in [1.82, 2.24) is 4.57 Å². The van der Waals surface area contributed by atoms with Gasteiger partial charge in [0.25, 0.3) is 0 Å². The van der Waals surface area contributed by atoms with E-state index in [0.717, 1.165) is 22.7 Å². The molecular weight excluding hydrogens is 198 g/mol. The van der Waals surface area contributed by atoms with Crippen LogP contribution in [0.3, 0.4) is 0 Å². The first kappa shape index (κ1) is 9.16. The largest absolute Gasteiger partial charge is 0.343 e. The molecule has 1 heterocycles. The number of fused-ring (bicyclic) bond motifs is 3. The molecule has 16 heavy (non-hydrogen) atoms. The minimum absolute atomic E-state index is 0.691. The fraction of sp³-hybridized carbons (Fsp3) is 0.0714. The van der Waals surface area contributed by atoms with Crippen molar-refractivity contribution in [2.45, 2.75) is 0 Å². The molecule has 0 N–H and O–H groups in total. The summed E-state index contributed by atoms with van der Waals surface area (Å²) >= 11 is 0. The van der Waals surface area contributed by atoms with Crippen LogP contribution >= 0.6 is 0 Å². The predicted octanol–water partition coefficient (Wildman–Crippen LogP) is 2.94. The van der Waals surface area contributed by atoms with E-state index in [9.17, 15) is 4.79 Å². The Balaban J connectivity index is 2.66. The number of rotatable bonds is 1. The average molecular weight is 208 g/mol. The van der Waals surface area contributed by atoms with Crippen LogP contribution in [0.25, 0.3) is 21.8 Å². The van der Waals surface area contributed by atoms with Crippen molar-refractivity contribution in [1.29, 1.82) is 0 Å². The molecule has 2 heteroatoms. The first-order chi connectivity index (χ1) is 7.83. The van der Waals surface area contributed by atoms with Crippen molar-refractivity contribution in [2.24, 2.45) is 7.05 Å². The van der Waals surface area contributed by atoms with Crippen LogP contribution in [0.15, 0.2) is 36.4 Å². The summed E-state index contributed by atoms with van der Waals surface area (Å²) in [6, 6.07) is 14.8. The highest BCUT2D eigenvalue weighted by Gasteiger charge is 2.09. The zero-order valence-electron chi connectivity index (χ0n) is 8.90. The monoisotopic (exact) mass is 208 g/mol. The summed E-state index contributed by atoms with van der Waals surface area (Å²) < 4.78 is 2.06. The number of aromatic nitrogens is 1. The van der Waals surface area contributed by atoms with Crippen molar-refractivity contribution in [3.05, 3.63) is 48.0 Å². The van der Waals surface area contributed by atoms with Crippen LogP contribution in [-0.2, 0) is 7.05 Å². The van der Waals surface area contributed by atoms with E-state index in [1.807, 2.05) is 25.2 Å². The molecule has 0 aliphatic rings. The van der Waals surface area contributed by atoms with Crippen LogP contribution in [0.1, 0.15) is 10.4 Å². The molecule has 1 aromatic heterocycles. The maximum Gasteiger partial charge on any atom is 0.152 e. The first-order valence-electron chi connectivity index (χ1n) is 5.15. The number of carbonyl (C=O) groups excluding carboxylic acids is 1. The van der Waals surface area contributed by atoms with E-state index in [2.05, 4.69) is 22.8 Å². The SMILES string of the molecule is Cn1c2ccccc2c2c[c]cc(C=O)c21. The molecule has 2 nitrogen and oxygen atoms in total. The molecule has 0 saturated heterocycles. The molecular formula is C14H10NO. The summed E-state index contributed by atoms with van der Waals surface area (Å²) in [6.07, 6.45) is 0.887. The fourth-order valence-electron chi connectivity index (χ4n) is 2.29. The minimum Gasteiger partial charge on any atom is -0.343 e. The third-order valence-corrected chi connectivity index (χ3v) is 3.01. The van der Waals surface area contributed by atoms with Crippen LogP contribution < -0.4 is 0 Å². The Morgan fingerprint density at radius 2 is 2.00 bits per heavy atom. The molecule has 77 valence electrons. The van der Waals surface area contributed by atoms with Crippen LogP contribution in [0, 0.1) is 6.07 Å². The number of benzene rings is 2.